The van der Waals surface area contributed by atoms with Gasteiger partial charge in [-0.3, -0.25) is 9.80 Å². The fraction of sp³-hybridized carbons (Fsp3) is 0.400. The zero-order valence-electron chi connectivity index (χ0n) is 14.5. The average Bonchev–Trinajstić information content (AvgIpc) is 2.57. The van der Waals surface area contributed by atoms with Gasteiger partial charge in [0, 0.05) is 39.3 Å². The van der Waals surface area contributed by atoms with Gasteiger partial charge in [0.1, 0.15) is 5.75 Å². The first kappa shape index (κ1) is 17.5. The largest absolute Gasteiger partial charge is 0.496 e. The first-order valence-electron chi connectivity index (χ1n) is 8.47. The van der Waals surface area contributed by atoms with Crippen molar-refractivity contribution in [3.8, 4) is 5.75 Å². The van der Waals surface area contributed by atoms with Gasteiger partial charge in [0.05, 0.1) is 11.6 Å². The van der Waals surface area contributed by atoms with Crippen LogP contribution in [-0.4, -0.2) is 43.1 Å². The van der Waals surface area contributed by atoms with Gasteiger partial charge in [0.25, 0.3) is 0 Å². The van der Waals surface area contributed by atoms with E-state index in [4.69, 9.17) is 4.74 Å². The Kier molecular flexibility index (Phi) is 5.93. The second-order valence-electron chi connectivity index (χ2n) is 6.51. The van der Waals surface area contributed by atoms with E-state index in [2.05, 4.69) is 69.1 Å². The third kappa shape index (κ3) is 4.59. The Balaban J connectivity index is 1.51. The number of rotatable bonds is 5. The molecule has 2 aromatic carbocycles. The lowest BCUT2D eigenvalue weighted by atomic mass is 10.1. The molecule has 2 aromatic rings. The molecule has 0 aliphatic carbocycles. The molecule has 0 bridgehead atoms. The molecule has 0 unspecified atom stereocenters. The highest BCUT2D eigenvalue weighted by Gasteiger charge is 2.17. The molecule has 0 saturated carbocycles. The summed E-state index contributed by atoms with van der Waals surface area (Å²) in [5.41, 5.74) is 4.09. The molecule has 1 heterocycles. The molecule has 3 rings (SSSR count). The second-order valence-corrected chi connectivity index (χ2v) is 7.36. The lowest BCUT2D eigenvalue weighted by Crippen LogP contribution is -2.45. The fourth-order valence-electron chi connectivity index (χ4n) is 3.24. The highest BCUT2D eigenvalue weighted by molar-refractivity contribution is 9.10. The average molecular weight is 389 g/mol. The summed E-state index contributed by atoms with van der Waals surface area (Å²) in [6, 6.07) is 15.2. The van der Waals surface area contributed by atoms with Crippen LogP contribution >= 0.6 is 15.9 Å². The van der Waals surface area contributed by atoms with Gasteiger partial charge in [0.15, 0.2) is 0 Å². The highest BCUT2D eigenvalue weighted by atomic mass is 79.9. The number of hydrogen-bond donors (Lipinski definition) is 0. The van der Waals surface area contributed by atoms with E-state index in [0.29, 0.717) is 0 Å². The zero-order chi connectivity index (χ0) is 16.9. The van der Waals surface area contributed by atoms with Gasteiger partial charge in [-0.05, 0) is 46.1 Å². The Hall–Kier alpha value is -1.36. The molecule has 128 valence electrons. The molecular formula is C20H25BrN2O. The molecule has 0 atom stereocenters. The number of hydrogen-bond acceptors (Lipinski definition) is 3. The molecular weight excluding hydrogens is 364 g/mol. The third-order valence-corrected chi connectivity index (χ3v) is 5.20. The van der Waals surface area contributed by atoms with Gasteiger partial charge >= 0.3 is 0 Å². The van der Waals surface area contributed by atoms with E-state index in [9.17, 15) is 0 Å². The van der Waals surface area contributed by atoms with Crippen molar-refractivity contribution in [1.82, 2.24) is 9.80 Å². The predicted molar refractivity (Wildman–Crippen MR) is 102 cm³/mol. The van der Waals surface area contributed by atoms with E-state index in [-0.39, 0.29) is 0 Å². The number of ether oxygens (including phenoxy) is 1. The monoisotopic (exact) mass is 388 g/mol. The van der Waals surface area contributed by atoms with E-state index in [1.54, 1.807) is 7.11 Å². The van der Waals surface area contributed by atoms with Gasteiger partial charge in [-0.15, -0.1) is 0 Å². The molecule has 4 heteroatoms. The normalized spacial score (nSPS) is 16.3. The van der Waals surface area contributed by atoms with Crippen molar-refractivity contribution >= 4 is 15.9 Å². The maximum Gasteiger partial charge on any atom is 0.133 e. The molecule has 3 nitrogen and oxygen atoms in total. The van der Waals surface area contributed by atoms with Crippen LogP contribution in [0.2, 0.25) is 0 Å². The molecule has 0 spiro atoms. The molecule has 1 aliphatic heterocycles. The summed E-state index contributed by atoms with van der Waals surface area (Å²) in [4.78, 5) is 5.08. The summed E-state index contributed by atoms with van der Waals surface area (Å²) < 4.78 is 6.33. The topological polar surface area (TPSA) is 15.7 Å². The van der Waals surface area contributed by atoms with E-state index >= 15 is 0 Å². The summed E-state index contributed by atoms with van der Waals surface area (Å²) >= 11 is 3.57. The lowest BCUT2D eigenvalue weighted by Gasteiger charge is -2.34. The zero-order valence-corrected chi connectivity index (χ0v) is 16.1. The first-order valence-corrected chi connectivity index (χ1v) is 9.26. The molecule has 1 saturated heterocycles. The number of methoxy groups -OCH3 is 1. The van der Waals surface area contributed by atoms with Gasteiger partial charge in [0.2, 0.25) is 0 Å². The van der Waals surface area contributed by atoms with E-state index < -0.39 is 0 Å². The van der Waals surface area contributed by atoms with Crippen LogP contribution in [-0.2, 0) is 13.1 Å². The van der Waals surface area contributed by atoms with E-state index in [1.807, 2.05) is 6.07 Å². The van der Waals surface area contributed by atoms with Gasteiger partial charge in [-0.25, -0.2) is 0 Å². The highest BCUT2D eigenvalue weighted by Crippen LogP contribution is 2.26. The van der Waals surface area contributed by atoms with Crippen LogP contribution in [0.5, 0.6) is 5.75 Å². The Morgan fingerprint density at radius 3 is 2.08 bits per heavy atom. The van der Waals surface area contributed by atoms with Crippen molar-refractivity contribution in [2.45, 2.75) is 20.0 Å². The second kappa shape index (κ2) is 8.15. The SMILES string of the molecule is COc1ccc(CN2CCN(Cc3cccc(C)c3)CC2)cc1Br. The van der Waals surface area contributed by atoms with E-state index in [1.165, 1.54) is 16.7 Å². The standard InChI is InChI=1S/C20H25BrN2O/c1-16-4-3-5-17(12-16)14-22-8-10-23(11-9-22)15-18-6-7-20(24-2)19(21)13-18/h3-7,12-13H,8-11,14-15H2,1-2H3. The van der Waals surface area contributed by atoms with Crippen LogP contribution in [0.4, 0.5) is 0 Å². The van der Waals surface area contributed by atoms with Crippen LogP contribution in [0.3, 0.4) is 0 Å². The summed E-state index contributed by atoms with van der Waals surface area (Å²) in [6.45, 7) is 8.72. The van der Waals surface area contributed by atoms with Crippen molar-refractivity contribution in [3.05, 3.63) is 63.6 Å². The Labute approximate surface area is 153 Å². The van der Waals surface area contributed by atoms with Gasteiger partial charge in [-0.2, -0.15) is 0 Å². The predicted octanol–water partition coefficient (Wildman–Crippen LogP) is 4.08. The summed E-state index contributed by atoms with van der Waals surface area (Å²) in [6.07, 6.45) is 0. The first-order chi connectivity index (χ1) is 11.6. The quantitative estimate of drug-likeness (QED) is 0.767. The number of nitrogens with zero attached hydrogens (tertiary/aromatic N) is 2. The Bertz CT molecular complexity index is 681. The maximum atomic E-state index is 5.30. The Morgan fingerprint density at radius 1 is 0.917 bits per heavy atom. The van der Waals surface area contributed by atoms with Crippen LogP contribution in [0.1, 0.15) is 16.7 Å². The van der Waals surface area contributed by atoms with Crippen molar-refractivity contribution < 1.29 is 4.74 Å². The minimum absolute atomic E-state index is 0.890. The summed E-state index contributed by atoms with van der Waals surface area (Å²) in [5.74, 6) is 0.890. The lowest BCUT2D eigenvalue weighted by molar-refractivity contribution is 0.122. The van der Waals surface area contributed by atoms with Crippen LogP contribution < -0.4 is 4.74 Å². The minimum Gasteiger partial charge on any atom is -0.496 e. The number of aryl methyl sites for hydroxylation is 1. The third-order valence-electron chi connectivity index (χ3n) is 4.58. The van der Waals surface area contributed by atoms with Crippen molar-refractivity contribution in [3.63, 3.8) is 0 Å². The summed E-state index contributed by atoms with van der Waals surface area (Å²) in [7, 11) is 1.70. The molecule has 0 radical (unpaired) electrons. The minimum atomic E-state index is 0.890. The molecule has 1 aliphatic rings. The number of halogens is 1. The van der Waals surface area contributed by atoms with Crippen molar-refractivity contribution in [2.24, 2.45) is 0 Å². The van der Waals surface area contributed by atoms with Gasteiger partial charge < -0.3 is 4.74 Å². The van der Waals surface area contributed by atoms with Crippen LogP contribution in [0.25, 0.3) is 0 Å². The van der Waals surface area contributed by atoms with Crippen LogP contribution in [0.15, 0.2) is 46.9 Å². The molecule has 0 amide bonds. The van der Waals surface area contributed by atoms with Crippen molar-refractivity contribution in [2.75, 3.05) is 33.3 Å². The number of piperazine rings is 1. The fourth-order valence-corrected chi connectivity index (χ4v) is 3.83. The smallest absolute Gasteiger partial charge is 0.133 e. The van der Waals surface area contributed by atoms with E-state index in [0.717, 1.165) is 49.5 Å². The number of benzene rings is 2. The molecule has 0 N–H and O–H groups in total. The maximum absolute atomic E-state index is 5.30. The molecule has 24 heavy (non-hydrogen) atoms. The Morgan fingerprint density at radius 2 is 1.54 bits per heavy atom. The van der Waals surface area contributed by atoms with Crippen LogP contribution in [0, 0.1) is 6.92 Å². The van der Waals surface area contributed by atoms with Gasteiger partial charge in [-0.1, -0.05) is 35.9 Å². The summed E-state index contributed by atoms with van der Waals surface area (Å²) in [5, 5.41) is 0. The molecule has 1 fully saturated rings. The molecule has 0 aromatic heterocycles. The van der Waals surface area contributed by atoms with Crippen molar-refractivity contribution in [1.29, 1.82) is 0 Å².